The Kier molecular flexibility index (Phi) is 5.89. The number of hydrogen-bond acceptors (Lipinski definition) is 7. The second kappa shape index (κ2) is 8.35. The van der Waals surface area contributed by atoms with Crippen LogP contribution in [0.25, 0.3) is 10.2 Å². The van der Waals surface area contributed by atoms with Gasteiger partial charge in [0, 0.05) is 22.5 Å². The van der Waals surface area contributed by atoms with Crippen LogP contribution >= 0.6 is 11.3 Å². The summed E-state index contributed by atoms with van der Waals surface area (Å²) in [5.74, 6) is 0.656. The fourth-order valence-electron chi connectivity index (χ4n) is 2.82. The van der Waals surface area contributed by atoms with E-state index in [1.807, 2.05) is 13.8 Å². The van der Waals surface area contributed by atoms with E-state index in [1.165, 1.54) is 11.2 Å². The molecule has 0 bridgehead atoms. The number of aryl methyl sites for hydroxylation is 2. The third kappa shape index (κ3) is 4.12. The summed E-state index contributed by atoms with van der Waals surface area (Å²) in [4.78, 5) is 22.5. The van der Waals surface area contributed by atoms with Gasteiger partial charge in [-0.25, -0.2) is 9.97 Å². The number of nitrogens with one attached hydrogen (secondary N) is 2. The predicted octanol–water partition coefficient (Wildman–Crippen LogP) is 4.59. The summed E-state index contributed by atoms with van der Waals surface area (Å²) in [6.45, 7) is 7.82. The largest absolute Gasteiger partial charge is 0.507 e. The van der Waals surface area contributed by atoms with Crippen LogP contribution in [-0.2, 0) is 4.79 Å². The van der Waals surface area contributed by atoms with Gasteiger partial charge in [-0.05, 0) is 51.0 Å². The molecule has 1 aromatic carbocycles. The first-order valence-corrected chi connectivity index (χ1v) is 9.86. The topological polar surface area (TPSA) is 99.5 Å². The summed E-state index contributed by atoms with van der Waals surface area (Å²) < 4.78 is 0. The Morgan fingerprint density at radius 1 is 1.29 bits per heavy atom. The molecule has 2 aromatic heterocycles. The maximum absolute atomic E-state index is 11.8. The van der Waals surface area contributed by atoms with E-state index in [9.17, 15) is 9.90 Å². The number of phenols is 1. The zero-order valence-electron chi connectivity index (χ0n) is 16.3. The predicted molar refractivity (Wildman–Crippen MR) is 114 cm³/mol. The molecule has 146 valence electrons. The van der Waals surface area contributed by atoms with Crippen molar-refractivity contribution in [3.8, 4) is 5.75 Å². The minimum Gasteiger partial charge on any atom is -0.507 e. The Bertz CT molecular complexity index is 1060. The van der Waals surface area contributed by atoms with Crippen LogP contribution < -0.4 is 10.7 Å². The van der Waals surface area contributed by atoms with Crippen molar-refractivity contribution in [3.05, 3.63) is 40.5 Å². The molecule has 0 aliphatic heterocycles. The summed E-state index contributed by atoms with van der Waals surface area (Å²) in [6, 6.07) is 4.92. The number of aromatic hydroxyl groups is 1. The number of amides is 1. The van der Waals surface area contributed by atoms with Gasteiger partial charge in [0.15, 0.2) is 5.82 Å². The van der Waals surface area contributed by atoms with E-state index in [1.54, 1.807) is 36.5 Å². The van der Waals surface area contributed by atoms with Gasteiger partial charge in [0.2, 0.25) is 5.91 Å². The molecule has 0 fully saturated rings. The van der Waals surface area contributed by atoms with E-state index in [4.69, 9.17) is 0 Å². The number of phenolic OH excluding ortho intramolecular Hbond substituents is 1. The second-order valence-electron chi connectivity index (χ2n) is 6.52. The number of rotatable bonds is 6. The molecular formula is C20H23N5O2S. The first-order chi connectivity index (χ1) is 13.4. The molecule has 0 atom stereocenters. The van der Waals surface area contributed by atoms with Crippen LogP contribution in [-0.4, -0.2) is 26.7 Å². The van der Waals surface area contributed by atoms with Crippen molar-refractivity contribution in [3.63, 3.8) is 0 Å². The van der Waals surface area contributed by atoms with Gasteiger partial charge in [-0.3, -0.25) is 10.2 Å². The first-order valence-electron chi connectivity index (χ1n) is 9.05. The summed E-state index contributed by atoms with van der Waals surface area (Å²) in [6.07, 6.45) is 2.73. The minimum atomic E-state index is -0.0569. The average molecular weight is 398 g/mol. The van der Waals surface area contributed by atoms with Gasteiger partial charge in [-0.15, -0.1) is 11.3 Å². The Labute approximate surface area is 167 Å². The molecule has 0 spiro atoms. The molecule has 8 heteroatoms. The van der Waals surface area contributed by atoms with Crippen LogP contribution in [0.4, 0.5) is 11.5 Å². The third-order valence-corrected chi connectivity index (χ3v) is 5.56. The maximum Gasteiger partial charge on any atom is 0.224 e. The Balaban J connectivity index is 1.87. The molecule has 3 N–H and O–H groups in total. The summed E-state index contributed by atoms with van der Waals surface area (Å²) in [5, 5.41) is 18.4. The van der Waals surface area contributed by atoms with Crippen molar-refractivity contribution in [2.24, 2.45) is 5.10 Å². The van der Waals surface area contributed by atoms with E-state index in [0.717, 1.165) is 22.2 Å². The Morgan fingerprint density at radius 3 is 2.82 bits per heavy atom. The highest BCUT2D eigenvalue weighted by molar-refractivity contribution is 7.18. The van der Waals surface area contributed by atoms with Crippen LogP contribution in [0.2, 0.25) is 0 Å². The lowest BCUT2D eigenvalue weighted by atomic mass is 10.1. The van der Waals surface area contributed by atoms with Gasteiger partial charge < -0.3 is 10.4 Å². The van der Waals surface area contributed by atoms with Crippen molar-refractivity contribution in [1.29, 1.82) is 0 Å². The highest BCUT2D eigenvalue weighted by Gasteiger charge is 2.12. The number of carbonyl (C=O) groups is 1. The van der Waals surface area contributed by atoms with Crippen molar-refractivity contribution in [2.75, 3.05) is 10.7 Å². The lowest BCUT2D eigenvalue weighted by Crippen LogP contribution is -2.11. The second-order valence-corrected chi connectivity index (χ2v) is 7.73. The number of benzene rings is 1. The number of anilines is 2. The number of carbonyl (C=O) groups excluding carboxylic acids is 1. The smallest absolute Gasteiger partial charge is 0.224 e. The summed E-state index contributed by atoms with van der Waals surface area (Å²) in [5.41, 5.74) is 5.84. The molecule has 7 nitrogen and oxygen atoms in total. The van der Waals surface area contributed by atoms with E-state index in [2.05, 4.69) is 32.7 Å². The quantitative estimate of drug-likeness (QED) is 0.321. The van der Waals surface area contributed by atoms with Gasteiger partial charge in [0.1, 0.15) is 16.9 Å². The SMILES string of the molecule is CCCC(=O)Nc1ccc(O)c(/C(C)=N/Nc2ncnc3sc(C)c(C)c23)c1. The van der Waals surface area contributed by atoms with E-state index in [-0.39, 0.29) is 11.7 Å². The summed E-state index contributed by atoms with van der Waals surface area (Å²) >= 11 is 1.62. The van der Waals surface area contributed by atoms with E-state index >= 15 is 0 Å². The molecule has 3 rings (SSSR count). The van der Waals surface area contributed by atoms with Crippen LogP contribution in [0.15, 0.2) is 29.6 Å². The Morgan fingerprint density at radius 2 is 2.07 bits per heavy atom. The first kappa shape index (κ1) is 19.8. The van der Waals surface area contributed by atoms with Crippen LogP contribution in [0.3, 0.4) is 0 Å². The number of aromatic nitrogens is 2. The molecule has 0 aliphatic carbocycles. The normalized spacial score (nSPS) is 11.6. The van der Waals surface area contributed by atoms with Crippen LogP contribution in [0.5, 0.6) is 5.75 Å². The molecule has 0 saturated carbocycles. The molecule has 28 heavy (non-hydrogen) atoms. The highest BCUT2D eigenvalue weighted by atomic mass is 32.1. The average Bonchev–Trinajstić information content (AvgIpc) is 2.96. The van der Waals surface area contributed by atoms with Gasteiger partial charge in [-0.1, -0.05) is 6.92 Å². The lowest BCUT2D eigenvalue weighted by molar-refractivity contribution is -0.116. The molecule has 3 aromatic rings. The zero-order chi connectivity index (χ0) is 20.3. The van der Waals surface area contributed by atoms with Crippen LogP contribution in [0, 0.1) is 13.8 Å². The fourth-order valence-corrected chi connectivity index (χ4v) is 3.82. The summed E-state index contributed by atoms with van der Waals surface area (Å²) in [7, 11) is 0. The standard InChI is InChI=1S/C20H23N5O2S/c1-5-6-17(27)23-14-7-8-16(26)15(9-14)12(3)24-25-19-18-11(2)13(4)28-20(18)22-10-21-19/h7-10,26H,5-6H2,1-4H3,(H,23,27)(H,21,22,25)/b24-12+. The fraction of sp³-hybridized carbons (Fsp3) is 0.300. The molecule has 1 amide bonds. The molecule has 0 unspecified atom stereocenters. The molecule has 0 aliphatic rings. The number of fused-ring (bicyclic) bond motifs is 1. The molecular weight excluding hydrogens is 374 g/mol. The number of thiophene rings is 1. The monoisotopic (exact) mass is 397 g/mol. The van der Waals surface area contributed by atoms with E-state index in [0.29, 0.717) is 29.2 Å². The van der Waals surface area contributed by atoms with Crippen LogP contribution in [0.1, 0.15) is 42.7 Å². The lowest BCUT2D eigenvalue weighted by Gasteiger charge is -2.10. The third-order valence-electron chi connectivity index (χ3n) is 4.44. The van der Waals surface area contributed by atoms with Gasteiger partial charge in [0.25, 0.3) is 0 Å². The van der Waals surface area contributed by atoms with Gasteiger partial charge >= 0.3 is 0 Å². The van der Waals surface area contributed by atoms with Crippen molar-refractivity contribution in [1.82, 2.24) is 9.97 Å². The van der Waals surface area contributed by atoms with Gasteiger partial charge in [-0.2, -0.15) is 5.10 Å². The molecule has 0 saturated heterocycles. The van der Waals surface area contributed by atoms with Gasteiger partial charge in [0.05, 0.1) is 11.1 Å². The van der Waals surface area contributed by atoms with E-state index < -0.39 is 0 Å². The minimum absolute atomic E-state index is 0.0569. The zero-order valence-corrected chi connectivity index (χ0v) is 17.1. The van der Waals surface area contributed by atoms with Crippen molar-refractivity contribution >= 4 is 44.7 Å². The Hall–Kier alpha value is -3.00. The number of hydrazone groups is 1. The number of nitrogens with zero attached hydrogens (tertiary/aromatic N) is 3. The van der Waals surface area contributed by atoms with Crippen molar-refractivity contribution < 1.29 is 9.90 Å². The molecule has 0 radical (unpaired) electrons. The maximum atomic E-state index is 11.8. The molecule has 2 heterocycles. The van der Waals surface area contributed by atoms with Crippen molar-refractivity contribution in [2.45, 2.75) is 40.5 Å². The number of hydrogen-bond donors (Lipinski definition) is 3. The highest BCUT2D eigenvalue weighted by Crippen LogP contribution is 2.32.